The highest BCUT2D eigenvalue weighted by molar-refractivity contribution is 7.92. The van der Waals surface area contributed by atoms with E-state index in [4.69, 9.17) is 9.47 Å². The van der Waals surface area contributed by atoms with Crippen molar-refractivity contribution in [3.63, 3.8) is 0 Å². The Kier molecular flexibility index (Phi) is 13.0. The lowest BCUT2D eigenvalue weighted by Gasteiger charge is -2.31. The summed E-state index contributed by atoms with van der Waals surface area (Å²) in [5, 5.41) is 2.93. The molecule has 9 nitrogen and oxygen atoms in total. The Labute approximate surface area is 279 Å². The van der Waals surface area contributed by atoms with E-state index in [9.17, 15) is 26.8 Å². The van der Waals surface area contributed by atoms with Gasteiger partial charge in [0.1, 0.15) is 23.4 Å². The highest BCUT2D eigenvalue weighted by Crippen LogP contribution is 2.21. The van der Waals surface area contributed by atoms with Gasteiger partial charge in [-0.3, -0.25) is 14.3 Å². The van der Waals surface area contributed by atoms with Gasteiger partial charge in [0.05, 0.1) is 11.0 Å². The Morgan fingerprint density at radius 2 is 1.44 bits per heavy atom. The fourth-order valence-corrected chi connectivity index (χ4v) is 5.79. The van der Waals surface area contributed by atoms with Crippen LogP contribution in [0.2, 0.25) is 0 Å². The Hall–Kier alpha value is -4.81. The van der Waals surface area contributed by atoms with Gasteiger partial charge in [0.15, 0.2) is 6.61 Å². The number of anilines is 1. The number of nitrogens with zero attached hydrogens (tertiary/aromatic N) is 1. The molecule has 4 aromatic carbocycles. The van der Waals surface area contributed by atoms with E-state index in [1.54, 1.807) is 12.1 Å². The third-order valence-corrected chi connectivity index (χ3v) is 8.60. The number of hydrogen-bond acceptors (Lipinski definition) is 6. The molecule has 0 aliphatic heterocycles. The molecule has 4 aromatic rings. The average molecular weight is 680 g/mol. The van der Waals surface area contributed by atoms with Gasteiger partial charge in [-0.25, -0.2) is 17.2 Å². The molecule has 0 saturated carbocycles. The largest absolute Gasteiger partial charge is 0.484 e. The van der Waals surface area contributed by atoms with Gasteiger partial charge in [-0.2, -0.15) is 0 Å². The number of halogens is 2. The lowest BCUT2D eigenvalue weighted by Crippen LogP contribution is -2.52. The maximum Gasteiger partial charge on any atom is 0.261 e. The zero-order valence-corrected chi connectivity index (χ0v) is 27.6. The monoisotopic (exact) mass is 679 g/mol. The van der Waals surface area contributed by atoms with Gasteiger partial charge in [0.25, 0.3) is 15.9 Å². The van der Waals surface area contributed by atoms with E-state index in [2.05, 4.69) is 10.0 Å². The van der Waals surface area contributed by atoms with Crippen LogP contribution in [0.3, 0.4) is 0 Å². The molecule has 4 rings (SSSR count). The van der Waals surface area contributed by atoms with Gasteiger partial charge in [0, 0.05) is 31.8 Å². The standard InChI is InChI=1S/C36H39F2N3O6S/c1-26(2)46-22-6-21-39-36(43)34(23-27-7-4-3-5-8-27)41(24-28-9-11-29(37)12-10-28)35(42)25-47-32-17-19-33(20-18-32)48(44,45)40-31-15-13-30(38)14-16-31/h3-5,7-20,26,34,40H,6,21-25H2,1-2H3,(H,39,43). The van der Waals surface area contributed by atoms with E-state index in [0.717, 1.165) is 17.7 Å². The van der Waals surface area contributed by atoms with Crippen LogP contribution in [-0.2, 0) is 37.3 Å². The molecule has 48 heavy (non-hydrogen) atoms. The van der Waals surface area contributed by atoms with Crippen LogP contribution in [0.1, 0.15) is 31.4 Å². The van der Waals surface area contributed by atoms with E-state index in [-0.39, 0.29) is 41.3 Å². The van der Waals surface area contributed by atoms with Crippen molar-refractivity contribution >= 4 is 27.5 Å². The van der Waals surface area contributed by atoms with E-state index in [1.165, 1.54) is 53.4 Å². The third-order valence-electron chi connectivity index (χ3n) is 7.20. The molecule has 0 radical (unpaired) electrons. The number of ether oxygens (including phenoxy) is 2. The van der Waals surface area contributed by atoms with Gasteiger partial charge in [-0.05, 0) is 92.1 Å². The van der Waals surface area contributed by atoms with Crippen molar-refractivity contribution in [2.75, 3.05) is 24.5 Å². The Morgan fingerprint density at radius 3 is 2.06 bits per heavy atom. The summed E-state index contributed by atoms with van der Waals surface area (Å²) in [5.41, 5.74) is 1.65. The van der Waals surface area contributed by atoms with Crippen molar-refractivity contribution < 1.29 is 36.3 Å². The van der Waals surface area contributed by atoms with Crippen molar-refractivity contribution in [2.24, 2.45) is 0 Å². The molecule has 0 spiro atoms. The lowest BCUT2D eigenvalue weighted by atomic mass is 10.0. The zero-order chi connectivity index (χ0) is 34.5. The number of rotatable bonds is 17. The molecule has 0 aliphatic carbocycles. The predicted molar refractivity (Wildman–Crippen MR) is 179 cm³/mol. The van der Waals surface area contributed by atoms with Crippen LogP contribution in [-0.4, -0.2) is 57.0 Å². The number of benzene rings is 4. The summed E-state index contributed by atoms with van der Waals surface area (Å²) in [7, 11) is -3.97. The van der Waals surface area contributed by atoms with Crippen LogP contribution in [0, 0.1) is 11.6 Å². The molecule has 0 aliphatic rings. The number of sulfonamides is 1. The normalized spacial score (nSPS) is 11.9. The second-order valence-electron chi connectivity index (χ2n) is 11.3. The number of amides is 2. The minimum atomic E-state index is -3.97. The van der Waals surface area contributed by atoms with Crippen LogP contribution in [0.25, 0.3) is 0 Å². The van der Waals surface area contributed by atoms with Crippen LogP contribution in [0.4, 0.5) is 14.5 Å². The van der Waals surface area contributed by atoms with Gasteiger partial charge in [0.2, 0.25) is 5.91 Å². The molecule has 0 saturated heterocycles. The number of carbonyl (C=O) groups is 2. The summed E-state index contributed by atoms with van der Waals surface area (Å²) in [4.78, 5) is 28.8. The van der Waals surface area contributed by atoms with E-state index in [0.29, 0.717) is 25.1 Å². The SMILES string of the molecule is CC(C)OCCCNC(=O)C(Cc1ccccc1)N(Cc1ccc(F)cc1)C(=O)COc1ccc(S(=O)(=O)Nc2ccc(F)cc2)cc1. The minimum Gasteiger partial charge on any atom is -0.484 e. The van der Waals surface area contributed by atoms with Crippen molar-refractivity contribution in [2.45, 2.75) is 50.3 Å². The van der Waals surface area contributed by atoms with Gasteiger partial charge in [-0.1, -0.05) is 42.5 Å². The molecule has 2 N–H and O–H groups in total. The van der Waals surface area contributed by atoms with Crippen molar-refractivity contribution in [3.05, 3.63) is 126 Å². The Morgan fingerprint density at radius 1 is 0.812 bits per heavy atom. The molecule has 254 valence electrons. The average Bonchev–Trinajstić information content (AvgIpc) is 3.07. The van der Waals surface area contributed by atoms with Crippen LogP contribution in [0.5, 0.6) is 5.75 Å². The van der Waals surface area contributed by atoms with Crippen molar-refractivity contribution in [3.8, 4) is 5.75 Å². The maximum absolute atomic E-state index is 13.8. The Balaban J connectivity index is 1.51. The molecule has 0 bridgehead atoms. The van der Waals surface area contributed by atoms with Gasteiger partial charge >= 0.3 is 0 Å². The summed E-state index contributed by atoms with van der Waals surface area (Å²) >= 11 is 0. The predicted octanol–water partition coefficient (Wildman–Crippen LogP) is 5.72. The molecule has 0 heterocycles. The molecule has 2 amide bonds. The quantitative estimate of drug-likeness (QED) is 0.138. The molecular weight excluding hydrogens is 640 g/mol. The Bertz CT molecular complexity index is 1720. The molecular formula is C36H39F2N3O6S. The van der Waals surface area contributed by atoms with Crippen LogP contribution < -0.4 is 14.8 Å². The summed E-state index contributed by atoms with van der Waals surface area (Å²) < 4.78 is 66.2. The summed E-state index contributed by atoms with van der Waals surface area (Å²) in [6, 6.07) is 24.4. The van der Waals surface area contributed by atoms with Gasteiger partial charge in [-0.15, -0.1) is 0 Å². The second-order valence-corrected chi connectivity index (χ2v) is 13.0. The van der Waals surface area contributed by atoms with Gasteiger partial charge < -0.3 is 19.7 Å². The van der Waals surface area contributed by atoms with Crippen molar-refractivity contribution in [1.29, 1.82) is 0 Å². The summed E-state index contributed by atoms with van der Waals surface area (Å²) in [6.07, 6.45) is 0.867. The highest BCUT2D eigenvalue weighted by atomic mass is 32.2. The van der Waals surface area contributed by atoms with Crippen LogP contribution in [0.15, 0.2) is 108 Å². The number of carbonyl (C=O) groups excluding carboxylic acids is 2. The maximum atomic E-state index is 13.8. The van der Waals surface area contributed by atoms with E-state index >= 15 is 0 Å². The second kappa shape index (κ2) is 17.4. The topological polar surface area (TPSA) is 114 Å². The van der Waals surface area contributed by atoms with E-state index in [1.807, 2.05) is 44.2 Å². The lowest BCUT2D eigenvalue weighted by molar-refractivity contribution is -0.142. The highest BCUT2D eigenvalue weighted by Gasteiger charge is 2.30. The number of nitrogens with one attached hydrogen (secondary N) is 2. The smallest absolute Gasteiger partial charge is 0.261 e. The van der Waals surface area contributed by atoms with Crippen LogP contribution >= 0.6 is 0 Å². The van der Waals surface area contributed by atoms with Crippen molar-refractivity contribution in [1.82, 2.24) is 10.2 Å². The molecule has 0 aromatic heterocycles. The first kappa shape index (κ1) is 36.0. The minimum absolute atomic E-state index is 0.0100. The zero-order valence-electron chi connectivity index (χ0n) is 26.8. The first-order valence-electron chi connectivity index (χ1n) is 15.5. The fourth-order valence-electron chi connectivity index (χ4n) is 4.74. The molecule has 1 atom stereocenters. The number of hydrogen-bond donors (Lipinski definition) is 2. The first-order chi connectivity index (χ1) is 23.0. The summed E-state index contributed by atoms with van der Waals surface area (Å²) in [6.45, 7) is 4.23. The van der Waals surface area contributed by atoms with E-state index < -0.39 is 40.2 Å². The third kappa shape index (κ3) is 11.2. The molecule has 0 fully saturated rings. The molecule has 12 heteroatoms. The summed E-state index contributed by atoms with van der Waals surface area (Å²) in [5.74, 6) is -1.57. The fraction of sp³-hybridized carbons (Fsp3) is 0.278. The first-order valence-corrected chi connectivity index (χ1v) is 17.0. The molecule has 1 unspecified atom stereocenters.